The monoisotopic (exact) mass is 298 g/mol. The fourth-order valence-corrected chi connectivity index (χ4v) is 2.22. The molecule has 0 saturated heterocycles. The Bertz CT molecular complexity index is 592. The van der Waals surface area contributed by atoms with E-state index >= 15 is 0 Å². The molecular weight excluding hydrogens is 289 g/mol. The largest absolute Gasteiger partial charge is 0.501 e. The van der Waals surface area contributed by atoms with Gasteiger partial charge in [-0.1, -0.05) is 0 Å². The van der Waals surface area contributed by atoms with Crippen molar-refractivity contribution in [2.24, 2.45) is 0 Å². The van der Waals surface area contributed by atoms with Crippen LogP contribution in [-0.4, -0.2) is 34.1 Å². The minimum atomic E-state index is -5.68. The molecule has 9 heteroatoms. The van der Waals surface area contributed by atoms with Crippen LogP contribution < -0.4 is 4.74 Å². The quantitative estimate of drug-likeness (QED) is 0.795. The van der Waals surface area contributed by atoms with Crippen molar-refractivity contribution in [3.05, 3.63) is 23.8 Å². The molecule has 0 aliphatic heterocycles. The summed E-state index contributed by atoms with van der Waals surface area (Å²) in [6.45, 7) is 0. The highest BCUT2D eigenvalue weighted by atomic mass is 32.2. The number of carbonyl (C=O) groups excluding carboxylic acids is 1. The zero-order valence-electron chi connectivity index (χ0n) is 9.82. The lowest BCUT2D eigenvalue weighted by molar-refractivity contribution is -0.0436. The molecule has 19 heavy (non-hydrogen) atoms. The third-order valence-corrected chi connectivity index (χ3v) is 3.71. The van der Waals surface area contributed by atoms with E-state index in [1.165, 1.54) is 0 Å². The van der Waals surface area contributed by atoms with Crippen molar-refractivity contribution in [1.82, 2.24) is 0 Å². The number of ether oxygens (including phenoxy) is 2. The summed E-state index contributed by atoms with van der Waals surface area (Å²) < 4.78 is 69.2. The Morgan fingerprint density at radius 2 is 1.79 bits per heavy atom. The summed E-state index contributed by atoms with van der Waals surface area (Å²) in [5, 5.41) is 0. The lowest BCUT2D eigenvalue weighted by Crippen LogP contribution is -2.25. The van der Waals surface area contributed by atoms with Crippen LogP contribution in [0.2, 0.25) is 0 Å². The van der Waals surface area contributed by atoms with Gasteiger partial charge in [0.2, 0.25) is 0 Å². The molecule has 0 spiro atoms. The molecule has 0 unspecified atom stereocenters. The van der Waals surface area contributed by atoms with Crippen LogP contribution in [0.4, 0.5) is 13.2 Å². The van der Waals surface area contributed by atoms with Crippen LogP contribution in [0.15, 0.2) is 23.1 Å². The summed E-state index contributed by atoms with van der Waals surface area (Å²) in [6.07, 6.45) is 0. The first-order chi connectivity index (χ1) is 8.65. The van der Waals surface area contributed by atoms with Gasteiger partial charge in [-0.15, -0.1) is 0 Å². The molecule has 1 aromatic carbocycles. The van der Waals surface area contributed by atoms with Gasteiger partial charge < -0.3 is 9.47 Å². The minimum Gasteiger partial charge on any atom is -0.497 e. The van der Waals surface area contributed by atoms with Gasteiger partial charge in [-0.3, -0.25) is 0 Å². The van der Waals surface area contributed by atoms with E-state index in [4.69, 9.17) is 0 Å². The molecular formula is C10H9F3O5S. The van der Waals surface area contributed by atoms with Crippen molar-refractivity contribution >= 4 is 15.8 Å². The summed E-state index contributed by atoms with van der Waals surface area (Å²) in [5.74, 6) is -1.32. The minimum absolute atomic E-state index is 0.129. The van der Waals surface area contributed by atoms with E-state index < -0.39 is 31.8 Å². The Morgan fingerprint density at radius 1 is 1.21 bits per heavy atom. The number of halogens is 3. The molecule has 0 aliphatic rings. The lowest BCUT2D eigenvalue weighted by atomic mass is 10.2. The van der Waals surface area contributed by atoms with E-state index in [2.05, 4.69) is 9.47 Å². The smallest absolute Gasteiger partial charge is 0.497 e. The van der Waals surface area contributed by atoms with E-state index in [1.54, 1.807) is 0 Å². The lowest BCUT2D eigenvalue weighted by Gasteiger charge is -2.12. The maximum absolute atomic E-state index is 12.5. The van der Waals surface area contributed by atoms with Crippen LogP contribution in [-0.2, 0) is 14.6 Å². The van der Waals surface area contributed by atoms with Gasteiger partial charge >= 0.3 is 11.5 Å². The van der Waals surface area contributed by atoms with E-state index in [9.17, 15) is 26.4 Å². The second kappa shape index (κ2) is 5.08. The third-order valence-electron chi connectivity index (χ3n) is 2.19. The first-order valence-electron chi connectivity index (χ1n) is 4.73. The predicted molar refractivity (Wildman–Crippen MR) is 57.6 cm³/mol. The molecule has 0 saturated carbocycles. The fourth-order valence-electron chi connectivity index (χ4n) is 1.26. The van der Waals surface area contributed by atoms with Gasteiger partial charge in [0.05, 0.1) is 24.7 Å². The SMILES string of the molecule is COC(=O)c1ccc(OC)cc1S(=O)(=O)C(F)(F)F. The van der Waals surface area contributed by atoms with Gasteiger partial charge in [0.1, 0.15) is 5.75 Å². The molecule has 0 N–H and O–H groups in total. The number of hydrogen-bond donors (Lipinski definition) is 0. The Morgan fingerprint density at radius 3 is 2.21 bits per heavy atom. The van der Waals surface area contributed by atoms with Crippen LogP contribution in [0.25, 0.3) is 0 Å². The van der Waals surface area contributed by atoms with E-state index in [1.807, 2.05) is 0 Å². The van der Waals surface area contributed by atoms with Crippen molar-refractivity contribution in [1.29, 1.82) is 0 Å². The first kappa shape index (κ1) is 15.3. The van der Waals surface area contributed by atoms with Gasteiger partial charge in [-0.2, -0.15) is 13.2 Å². The molecule has 106 valence electrons. The van der Waals surface area contributed by atoms with Gasteiger partial charge in [0.25, 0.3) is 9.84 Å². The van der Waals surface area contributed by atoms with Gasteiger partial charge in [-0.25, -0.2) is 13.2 Å². The Labute approximate surface area is 106 Å². The highest BCUT2D eigenvalue weighted by molar-refractivity contribution is 7.92. The van der Waals surface area contributed by atoms with Gasteiger partial charge in [-0.05, 0) is 18.2 Å². The highest BCUT2D eigenvalue weighted by Crippen LogP contribution is 2.34. The second-order valence-corrected chi connectivity index (χ2v) is 5.21. The summed E-state index contributed by atoms with van der Waals surface area (Å²) in [5.41, 5.74) is -6.23. The predicted octanol–water partition coefficient (Wildman–Crippen LogP) is 1.78. The van der Waals surface area contributed by atoms with E-state index in [-0.39, 0.29) is 5.75 Å². The normalized spacial score (nSPS) is 12.1. The van der Waals surface area contributed by atoms with E-state index in [0.717, 1.165) is 26.4 Å². The molecule has 0 bridgehead atoms. The van der Waals surface area contributed by atoms with Crippen LogP contribution in [0.1, 0.15) is 10.4 Å². The van der Waals surface area contributed by atoms with Crippen molar-refractivity contribution in [3.8, 4) is 5.75 Å². The fraction of sp³-hybridized carbons (Fsp3) is 0.300. The highest BCUT2D eigenvalue weighted by Gasteiger charge is 2.48. The number of hydrogen-bond acceptors (Lipinski definition) is 5. The summed E-state index contributed by atoms with van der Waals surface area (Å²) in [4.78, 5) is 10.1. The molecule has 1 rings (SSSR count). The molecule has 5 nitrogen and oxygen atoms in total. The van der Waals surface area contributed by atoms with Crippen LogP contribution in [0.3, 0.4) is 0 Å². The summed E-state index contributed by atoms with van der Waals surface area (Å²) in [6, 6.07) is 2.67. The molecule has 0 radical (unpaired) electrons. The summed E-state index contributed by atoms with van der Waals surface area (Å²) in [7, 11) is -3.60. The average Bonchev–Trinajstić information content (AvgIpc) is 2.35. The van der Waals surface area contributed by atoms with E-state index in [0.29, 0.717) is 6.07 Å². The van der Waals surface area contributed by atoms with Crippen molar-refractivity contribution in [2.45, 2.75) is 10.4 Å². The number of carbonyl (C=O) groups is 1. The number of methoxy groups -OCH3 is 2. The molecule has 0 aromatic heterocycles. The molecule has 0 atom stereocenters. The number of benzene rings is 1. The third kappa shape index (κ3) is 2.80. The molecule has 0 heterocycles. The molecule has 1 aromatic rings. The van der Waals surface area contributed by atoms with Crippen LogP contribution in [0.5, 0.6) is 5.75 Å². The van der Waals surface area contributed by atoms with Crippen LogP contribution >= 0.6 is 0 Å². The zero-order chi connectivity index (χ0) is 14.8. The number of esters is 1. The Hall–Kier alpha value is -1.77. The van der Waals surface area contributed by atoms with Crippen molar-refractivity contribution in [2.75, 3.05) is 14.2 Å². The Balaban J connectivity index is 3.60. The van der Waals surface area contributed by atoms with Crippen LogP contribution in [0, 0.1) is 0 Å². The molecule has 0 aliphatic carbocycles. The Kier molecular flexibility index (Phi) is 4.09. The maximum atomic E-state index is 12.5. The van der Waals surface area contributed by atoms with Gasteiger partial charge in [0, 0.05) is 0 Å². The zero-order valence-corrected chi connectivity index (χ0v) is 10.6. The number of rotatable bonds is 3. The molecule has 0 fully saturated rings. The summed E-state index contributed by atoms with van der Waals surface area (Å²) >= 11 is 0. The second-order valence-electron chi connectivity index (χ2n) is 3.30. The first-order valence-corrected chi connectivity index (χ1v) is 6.21. The van der Waals surface area contributed by atoms with Crippen molar-refractivity contribution < 1.29 is 35.9 Å². The molecule has 0 amide bonds. The average molecular weight is 298 g/mol. The number of alkyl halides is 3. The standard InChI is InChI=1S/C10H9F3O5S/c1-17-6-3-4-7(9(14)18-2)8(5-6)19(15,16)10(11,12)13/h3-5H,1-2H3. The maximum Gasteiger partial charge on any atom is 0.501 e. The number of sulfone groups is 1. The van der Waals surface area contributed by atoms with Crippen molar-refractivity contribution in [3.63, 3.8) is 0 Å². The topological polar surface area (TPSA) is 69.7 Å². The van der Waals surface area contributed by atoms with Gasteiger partial charge in [0.15, 0.2) is 0 Å².